The van der Waals surface area contributed by atoms with Gasteiger partial charge in [-0.05, 0) is 56.1 Å². The van der Waals surface area contributed by atoms with Crippen LogP contribution < -0.4 is 5.32 Å². The van der Waals surface area contributed by atoms with Gasteiger partial charge in [0.05, 0.1) is 0 Å². The van der Waals surface area contributed by atoms with Crippen molar-refractivity contribution >= 4 is 11.6 Å². The van der Waals surface area contributed by atoms with Crippen molar-refractivity contribution in [2.75, 3.05) is 25.0 Å². The van der Waals surface area contributed by atoms with Gasteiger partial charge in [-0.15, -0.1) is 0 Å². The summed E-state index contributed by atoms with van der Waals surface area (Å²) in [4.78, 5) is 13.7. The fourth-order valence-electron chi connectivity index (χ4n) is 2.78. The number of halogens is 4. The SMILES string of the molecule is O=C(CCN1CCC(C(O)C(F)(F)F)CC1)Nc1ccc(F)cc1. The average Bonchev–Trinajstić information content (AvgIpc) is 2.54. The summed E-state index contributed by atoms with van der Waals surface area (Å²) >= 11 is 0. The van der Waals surface area contributed by atoms with Crippen molar-refractivity contribution in [1.29, 1.82) is 0 Å². The number of amides is 1. The van der Waals surface area contributed by atoms with Crippen molar-refractivity contribution in [3.8, 4) is 0 Å². The van der Waals surface area contributed by atoms with E-state index in [0.29, 0.717) is 25.3 Å². The monoisotopic (exact) mass is 348 g/mol. The number of nitrogens with one attached hydrogen (secondary N) is 1. The molecule has 8 heteroatoms. The Morgan fingerprint density at radius 3 is 2.38 bits per heavy atom. The van der Waals surface area contributed by atoms with Crippen LogP contribution in [-0.2, 0) is 4.79 Å². The molecule has 24 heavy (non-hydrogen) atoms. The third kappa shape index (κ3) is 5.45. The molecule has 2 rings (SSSR count). The highest BCUT2D eigenvalue weighted by Gasteiger charge is 2.44. The summed E-state index contributed by atoms with van der Waals surface area (Å²) in [5.74, 6) is -1.41. The number of piperidine rings is 1. The van der Waals surface area contributed by atoms with Gasteiger partial charge in [0.2, 0.25) is 5.91 Å². The third-order valence-corrected chi connectivity index (χ3v) is 4.20. The predicted molar refractivity (Wildman–Crippen MR) is 80.9 cm³/mol. The molecule has 1 aliphatic rings. The molecule has 1 aromatic carbocycles. The van der Waals surface area contributed by atoms with E-state index in [9.17, 15) is 27.5 Å². The molecule has 1 amide bonds. The van der Waals surface area contributed by atoms with Crippen LogP contribution in [0.5, 0.6) is 0 Å². The molecule has 1 unspecified atom stereocenters. The first-order valence-electron chi connectivity index (χ1n) is 7.78. The van der Waals surface area contributed by atoms with Crippen molar-refractivity contribution in [2.24, 2.45) is 5.92 Å². The van der Waals surface area contributed by atoms with E-state index in [-0.39, 0.29) is 25.2 Å². The molecule has 1 aromatic rings. The van der Waals surface area contributed by atoms with Crippen LogP contribution in [0.4, 0.5) is 23.2 Å². The lowest BCUT2D eigenvalue weighted by molar-refractivity contribution is -0.223. The lowest BCUT2D eigenvalue weighted by Gasteiger charge is -2.34. The lowest BCUT2D eigenvalue weighted by Crippen LogP contribution is -2.43. The van der Waals surface area contributed by atoms with Crippen LogP contribution in [-0.4, -0.2) is 47.8 Å². The van der Waals surface area contributed by atoms with E-state index in [1.165, 1.54) is 24.3 Å². The van der Waals surface area contributed by atoms with Gasteiger partial charge in [-0.1, -0.05) is 0 Å². The highest BCUT2D eigenvalue weighted by Crippen LogP contribution is 2.31. The van der Waals surface area contributed by atoms with Gasteiger partial charge in [-0.3, -0.25) is 4.79 Å². The fraction of sp³-hybridized carbons (Fsp3) is 0.562. The maximum absolute atomic E-state index is 12.8. The first kappa shape index (κ1) is 18.7. The van der Waals surface area contributed by atoms with Crippen LogP contribution in [0, 0.1) is 11.7 Å². The van der Waals surface area contributed by atoms with E-state index >= 15 is 0 Å². The smallest absolute Gasteiger partial charge is 0.383 e. The molecule has 1 atom stereocenters. The number of likely N-dealkylation sites (tertiary alicyclic amines) is 1. The van der Waals surface area contributed by atoms with Gasteiger partial charge in [0.25, 0.3) is 0 Å². The molecule has 0 radical (unpaired) electrons. The minimum atomic E-state index is -4.58. The molecule has 4 nitrogen and oxygen atoms in total. The summed E-state index contributed by atoms with van der Waals surface area (Å²) < 4.78 is 50.2. The van der Waals surface area contributed by atoms with Crippen LogP contribution in [0.1, 0.15) is 19.3 Å². The second-order valence-corrected chi connectivity index (χ2v) is 5.97. The number of anilines is 1. The molecule has 2 N–H and O–H groups in total. The Morgan fingerprint density at radius 1 is 1.25 bits per heavy atom. The van der Waals surface area contributed by atoms with Crippen LogP contribution >= 0.6 is 0 Å². The van der Waals surface area contributed by atoms with Gasteiger partial charge < -0.3 is 15.3 Å². The summed E-state index contributed by atoms with van der Waals surface area (Å²) in [5.41, 5.74) is 0.494. The van der Waals surface area contributed by atoms with Crippen molar-refractivity contribution in [3.63, 3.8) is 0 Å². The van der Waals surface area contributed by atoms with E-state index in [4.69, 9.17) is 0 Å². The molecule has 1 fully saturated rings. The first-order chi connectivity index (χ1) is 11.3. The van der Waals surface area contributed by atoms with Crippen LogP contribution in [0.25, 0.3) is 0 Å². The Bertz CT molecular complexity index is 540. The molecule has 1 aliphatic heterocycles. The summed E-state index contributed by atoms with van der Waals surface area (Å²) in [7, 11) is 0. The number of hydrogen-bond acceptors (Lipinski definition) is 3. The van der Waals surface area contributed by atoms with E-state index < -0.39 is 24.0 Å². The van der Waals surface area contributed by atoms with Crippen LogP contribution in [0.15, 0.2) is 24.3 Å². The third-order valence-electron chi connectivity index (χ3n) is 4.20. The van der Waals surface area contributed by atoms with E-state index in [2.05, 4.69) is 5.32 Å². The number of aliphatic hydroxyl groups is 1. The number of carbonyl (C=O) groups is 1. The zero-order valence-corrected chi connectivity index (χ0v) is 13.0. The number of carbonyl (C=O) groups excluding carboxylic acids is 1. The molecule has 0 spiro atoms. The Hall–Kier alpha value is -1.67. The highest BCUT2D eigenvalue weighted by molar-refractivity contribution is 5.90. The number of hydrogen-bond donors (Lipinski definition) is 2. The highest BCUT2D eigenvalue weighted by atomic mass is 19.4. The second-order valence-electron chi connectivity index (χ2n) is 5.97. The summed E-state index contributed by atoms with van der Waals surface area (Å²) in [6.45, 7) is 1.27. The lowest BCUT2D eigenvalue weighted by atomic mass is 9.91. The Labute approximate surface area is 137 Å². The van der Waals surface area contributed by atoms with Crippen molar-refractivity contribution < 1.29 is 27.5 Å². The van der Waals surface area contributed by atoms with Crippen molar-refractivity contribution in [3.05, 3.63) is 30.1 Å². The maximum atomic E-state index is 12.8. The maximum Gasteiger partial charge on any atom is 0.414 e. The predicted octanol–water partition coefficient (Wildman–Crippen LogP) is 2.79. The Balaban J connectivity index is 1.70. The van der Waals surface area contributed by atoms with E-state index in [0.717, 1.165) is 0 Å². The van der Waals surface area contributed by atoms with Gasteiger partial charge >= 0.3 is 6.18 Å². The van der Waals surface area contributed by atoms with E-state index in [1.807, 2.05) is 4.90 Å². The normalized spacial score (nSPS) is 18.4. The topological polar surface area (TPSA) is 52.6 Å². The first-order valence-corrected chi connectivity index (χ1v) is 7.78. The van der Waals surface area contributed by atoms with Gasteiger partial charge in [-0.2, -0.15) is 13.2 Å². The number of aliphatic hydroxyl groups excluding tert-OH is 1. The fourth-order valence-corrected chi connectivity index (χ4v) is 2.78. The average molecular weight is 348 g/mol. The van der Waals surface area contributed by atoms with E-state index in [1.54, 1.807) is 0 Å². The number of rotatable bonds is 5. The molecule has 1 saturated heterocycles. The summed E-state index contributed by atoms with van der Waals surface area (Å²) in [6.07, 6.45) is -6.16. The Kier molecular flexibility index (Phi) is 6.17. The number of nitrogens with zero attached hydrogens (tertiary/aromatic N) is 1. The zero-order valence-electron chi connectivity index (χ0n) is 13.0. The number of alkyl halides is 3. The minimum Gasteiger partial charge on any atom is -0.383 e. The molecule has 0 aromatic heterocycles. The minimum absolute atomic E-state index is 0.198. The van der Waals surface area contributed by atoms with Gasteiger partial charge in [0.1, 0.15) is 5.82 Å². The standard InChI is InChI=1S/C16H20F4N2O2/c17-12-1-3-13(4-2-12)21-14(23)7-10-22-8-5-11(6-9-22)15(24)16(18,19)20/h1-4,11,15,24H,5-10H2,(H,21,23). The van der Waals surface area contributed by atoms with Crippen molar-refractivity contribution in [1.82, 2.24) is 4.90 Å². The van der Waals surface area contributed by atoms with Crippen LogP contribution in [0.3, 0.4) is 0 Å². The molecule has 0 bridgehead atoms. The summed E-state index contributed by atoms with van der Waals surface area (Å²) in [6, 6.07) is 5.40. The molecule has 0 saturated carbocycles. The largest absolute Gasteiger partial charge is 0.414 e. The van der Waals surface area contributed by atoms with Gasteiger partial charge in [0, 0.05) is 18.7 Å². The van der Waals surface area contributed by atoms with Gasteiger partial charge in [-0.25, -0.2) is 4.39 Å². The Morgan fingerprint density at radius 2 is 1.83 bits per heavy atom. The zero-order chi connectivity index (χ0) is 17.7. The number of benzene rings is 1. The quantitative estimate of drug-likeness (QED) is 0.805. The molecule has 134 valence electrons. The second kappa shape index (κ2) is 7.94. The molecule has 0 aliphatic carbocycles. The molecule has 1 heterocycles. The summed E-state index contributed by atoms with van der Waals surface area (Å²) in [5, 5.41) is 11.9. The van der Waals surface area contributed by atoms with Crippen molar-refractivity contribution in [2.45, 2.75) is 31.5 Å². The molecular weight excluding hydrogens is 328 g/mol. The van der Waals surface area contributed by atoms with Gasteiger partial charge in [0.15, 0.2) is 6.10 Å². The van der Waals surface area contributed by atoms with Crippen LogP contribution in [0.2, 0.25) is 0 Å². The molecular formula is C16H20F4N2O2.